The number of aryl methyl sites for hydroxylation is 1. The van der Waals surface area contributed by atoms with Gasteiger partial charge in [0.1, 0.15) is 10.8 Å². The maximum absolute atomic E-state index is 12.4. The van der Waals surface area contributed by atoms with Gasteiger partial charge >= 0.3 is 0 Å². The highest BCUT2D eigenvalue weighted by Crippen LogP contribution is 2.31. The van der Waals surface area contributed by atoms with Gasteiger partial charge in [-0.05, 0) is 39.3 Å². The lowest BCUT2D eigenvalue weighted by Gasteiger charge is -2.30. The van der Waals surface area contributed by atoms with Crippen LogP contribution in [0.2, 0.25) is 5.02 Å². The Hall–Kier alpha value is -1.05. The summed E-state index contributed by atoms with van der Waals surface area (Å²) < 4.78 is 22.8. The lowest BCUT2D eigenvalue weighted by Crippen LogP contribution is -2.43. The summed E-state index contributed by atoms with van der Waals surface area (Å²) in [4.78, 5) is 0. The summed E-state index contributed by atoms with van der Waals surface area (Å²) in [5, 5.41) is 5.18. The molecule has 0 radical (unpaired) electrons. The molecule has 24 heavy (non-hydrogen) atoms. The third kappa shape index (κ3) is 3.34. The molecule has 130 valence electrons. The molecule has 0 fully saturated rings. The predicted molar refractivity (Wildman–Crippen MR) is 96.7 cm³/mol. The number of hydrogen-bond donors (Lipinski definition) is 1. The van der Waals surface area contributed by atoms with Crippen molar-refractivity contribution >= 4 is 23.0 Å². The zero-order chi connectivity index (χ0) is 17.5. The number of rotatable bonds is 3. The van der Waals surface area contributed by atoms with Crippen LogP contribution in [0.15, 0.2) is 24.4 Å². The second-order valence-corrected chi connectivity index (χ2v) is 9.31. The van der Waals surface area contributed by atoms with Crippen LogP contribution in [0, 0.1) is 6.92 Å². The Morgan fingerprint density at radius 3 is 2.88 bits per heavy atom. The van der Waals surface area contributed by atoms with E-state index in [9.17, 15) is 4.55 Å². The first kappa shape index (κ1) is 17.8. The summed E-state index contributed by atoms with van der Waals surface area (Å²) in [6.45, 7) is 8.72. The monoisotopic (exact) mass is 367 g/mol. The topological polar surface area (TPSA) is 62.1 Å². The number of ether oxygens (including phenoxy) is 1. The first-order valence-corrected chi connectivity index (χ1v) is 9.40. The van der Waals surface area contributed by atoms with Crippen molar-refractivity contribution in [2.75, 3.05) is 6.61 Å². The molecule has 0 saturated carbocycles. The Balaban J connectivity index is 1.94. The molecule has 0 bridgehead atoms. The molecule has 2 heterocycles. The molecule has 0 amide bonds. The minimum Gasteiger partial charge on any atom is -0.598 e. The highest BCUT2D eigenvalue weighted by atomic mass is 35.5. The average molecular weight is 368 g/mol. The van der Waals surface area contributed by atoms with E-state index >= 15 is 0 Å². The third-order valence-electron chi connectivity index (χ3n) is 4.00. The summed E-state index contributed by atoms with van der Waals surface area (Å²) >= 11 is 5.26. The van der Waals surface area contributed by atoms with Crippen molar-refractivity contribution in [1.29, 1.82) is 0 Å². The molecule has 1 aromatic carbocycles. The highest BCUT2D eigenvalue weighted by molar-refractivity contribution is 7.90. The van der Waals surface area contributed by atoms with Crippen LogP contribution < -0.4 is 4.72 Å². The lowest BCUT2D eigenvalue weighted by atomic mass is 10.1. The number of nitrogens with one attached hydrogen (secondary N) is 1. The van der Waals surface area contributed by atoms with E-state index in [0.29, 0.717) is 18.2 Å². The molecule has 1 aromatic heterocycles. The Morgan fingerprint density at radius 1 is 1.42 bits per heavy atom. The standard InChI is InChI=1S/C17H22ClN3O2S/c1-11-6-5-7-14(16(11)18)21-15-10-23-9-13(12(15)8-19-21)20-24(22)17(2,3)4/h5-8,13,20H,9-10H2,1-4H3/t13?,24-/m0/s1. The van der Waals surface area contributed by atoms with Gasteiger partial charge in [0.15, 0.2) is 0 Å². The molecule has 2 atom stereocenters. The van der Waals surface area contributed by atoms with E-state index in [4.69, 9.17) is 16.3 Å². The first-order valence-electron chi connectivity index (χ1n) is 7.87. The van der Waals surface area contributed by atoms with Crippen molar-refractivity contribution in [3.05, 3.63) is 46.2 Å². The van der Waals surface area contributed by atoms with Gasteiger partial charge in [-0.2, -0.15) is 5.10 Å². The predicted octanol–water partition coefficient (Wildman–Crippen LogP) is 3.46. The summed E-state index contributed by atoms with van der Waals surface area (Å²) in [5.41, 5.74) is 3.78. The third-order valence-corrected chi connectivity index (χ3v) is 6.11. The fourth-order valence-electron chi connectivity index (χ4n) is 2.59. The van der Waals surface area contributed by atoms with Crippen LogP contribution in [0.5, 0.6) is 0 Å². The Kier molecular flexibility index (Phi) is 4.95. The Morgan fingerprint density at radius 2 is 2.17 bits per heavy atom. The summed E-state index contributed by atoms with van der Waals surface area (Å²) in [7, 11) is 0. The van der Waals surface area contributed by atoms with E-state index in [1.807, 2.05) is 56.8 Å². The molecule has 0 spiro atoms. The van der Waals surface area contributed by atoms with Crippen LogP contribution in [-0.4, -0.2) is 25.7 Å². The van der Waals surface area contributed by atoms with Gasteiger partial charge in [-0.1, -0.05) is 23.7 Å². The SMILES string of the molecule is Cc1cccc(-n2ncc3c2COCC3N[S@@+]([O-])C(C)(C)C)c1Cl. The van der Waals surface area contributed by atoms with Gasteiger partial charge in [-0.3, -0.25) is 0 Å². The molecule has 2 aromatic rings. The van der Waals surface area contributed by atoms with Crippen LogP contribution in [0.1, 0.15) is 43.6 Å². The highest BCUT2D eigenvalue weighted by Gasteiger charge is 2.34. The zero-order valence-electron chi connectivity index (χ0n) is 14.3. The lowest BCUT2D eigenvalue weighted by molar-refractivity contribution is 0.0843. The van der Waals surface area contributed by atoms with Crippen molar-refractivity contribution in [3.8, 4) is 5.69 Å². The van der Waals surface area contributed by atoms with E-state index in [1.54, 1.807) is 0 Å². The number of aromatic nitrogens is 2. The molecular formula is C17H22ClN3O2S. The molecular weight excluding hydrogens is 346 g/mol. The summed E-state index contributed by atoms with van der Waals surface area (Å²) in [6, 6.07) is 5.71. The fraction of sp³-hybridized carbons (Fsp3) is 0.471. The van der Waals surface area contributed by atoms with E-state index < -0.39 is 11.4 Å². The zero-order valence-corrected chi connectivity index (χ0v) is 15.9. The second-order valence-electron chi connectivity index (χ2n) is 6.93. The van der Waals surface area contributed by atoms with Crippen molar-refractivity contribution < 1.29 is 9.29 Å². The van der Waals surface area contributed by atoms with Gasteiger partial charge in [0.25, 0.3) is 0 Å². The van der Waals surface area contributed by atoms with Gasteiger partial charge in [0.2, 0.25) is 0 Å². The summed E-state index contributed by atoms with van der Waals surface area (Å²) in [5.74, 6) is 0. The van der Waals surface area contributed by atoms with Crippen LogP contribution in [0.3, 0.4) is 0 Å². The van der Waals surface area contributed by atoms with E-state index in [0.717, 1.165) is 22.5 Å². The number of halogens is 1. The molecule has 0 saturated heterocycles. The Labute approximate surface area is 150 Å². The number of fused-ring (bicyclic) bond motifs is 1. The van der Waals surface area contributed by atoms with Gasteiger partial charge < -0.3 is 9.29 Å². The van der Waals surface area contributed by atoms with Crippen molar-refractivity contribution in [1.82, 2.24) is 14.5 Å². The van der Waals surface area contributed by atoms with Crippen LogP contribution in [-0.2, 0) is 22.7 Å². The molecule has 7 heteroatoms. The normalized spacial score (nSPS) is 19.2. The summed E-state index contributed by atoms with van der Waals surface area (Å²) in [6.07, 6.45) is 1.81. The van der Waals surface area contributed by atoms with Gasteiger partial charge in [0, 0.05) is 16.9 Å². The van der Waals surface area contributed by atoms with E-state index in [-0.39, 0.29) is 10.8 Å². The smallest absolute Gasteiger partial charge is 0.136 e. The van der Waals surface area contributed by atoms with E-state index in [2.05, 4.69) is 9.82 Å². The molecule has 5 nitrogen and oxygen atoms in total. The van der Waals surface area contributed by atoms with Crippen molar-refractivity contribution in [3.63, 3.8) is 0 Å². The van der Waals surface area contributed by atoms with Crippen molar-refractivity contribution in [2.24, 2.45) is 0 Å². The molecule has 1 aliphatic rings. The minimum absolute atomic E-state index is 0.147. The van der Waals surface area contributed by atoms with Gasteiger partial charge in [-0.25, -0.2) is 4.68 Å². The number of hydrogen-bond acceptors (Lipinski definition) is 4. The Bertz CT molecular complexity index is 742. The van der Waals surface area contributed by atoms with Crippen LogP contribution >= 0.6 is 11.6 Å². The molecule has 3 rings (SSSR count). The second kappa shape index (κ2) is 6.69. The maximum atomic E-state index is 12.4. The van der Waals surface area contributed by atoms with Crippen molar-refractivity contribution in [2.45, 2.75) is 45.1 Å². The average Bonchev–Trinajstić information content (AvgIpc) is 2.94. The maximum Gasteiger partial charge on any atom is 0.136 e. The van der Waals surface area contributed by atoms with Crippen LogP contribution in [0.25, 0.3) is 5.69 Å². The van der Waals surface area contributed by atoms with E-state index in [1.165, 1.54) is 0 Å². The first-order chi connectivity index (χ1) is 11.3. The van der Waals surface area contributed by atoms with Gasteiger partial charge in [-0.15, -0.1) is 4.72 Å². The minimum atomic E-state index is -1.18. The molecule has 1 aliphatic heterocycles. The molecule has 0 aliphatic carbocycles. The molecule has 1 unspecified atom stereocenters. The van der Waals surface area contributed by atoms with Gasteiger partial charge in [0.05, 0.1) is 35.8 Å². The fourth-order valence-corrected chi connectivity index (χ4v) is 3.60. The quantitative estimate of drug-likeness (QED) is 0.844. The molecule has 1 N–H and O–H groups in total. The van der Waals surface area contributed by atoms with Crippen LogP contribution in [0.4, 0.5) is 0 Å². The number of nitrogens with zero attached hydrogens (tertiary/aromatic N) is 2. The number of benzene rings is 1. The largest absolute Gasteiger partial charge is 0.598 e.